The van der Waals surface area contributed by atoms with Gasteiger partial charge in [-0.15, -0.1) is 0 Å². The van der Waals surface area contributed by atoms with E-state index in [1.807, 2.05) is 11.8 Å². The van der Waals surface area contributed by atoms with Crippen LogP contribution in [0, 0.1) is 0 Å². The van der Waals surface area contributed by atoms with E-state index in [2.05, 4.69) is 43.4 Å². The van der Waals surface area contributed by atoms with Gasteiger partial charge < -0.3 is 10.2 Å². The van der Waals surface area contributed by atoms with E-state index in [1.54, 1.807) is 0 Å². The molecule has 1 fully saturated rings. The number of hydrogen-bond acceptors (Lipinski definition) is 2. The summed E-state index contributed by atoms with van der Waals surface area (Å²) in [4.78, 5) is 13.9. The van der Waals surface area contributed by atoms with Crippen LogP contribution in [0.2, 0.25) is 0 Å². The molecule has 1 amide bonds. The van der Waals surface area contributed by atoms with Gasteiger partial charge >= 0.3 is 0 Å². The largest absolute Gasteiger partial charge is 0.336 e. The molecule has 1 saturated heterocycles. The van der Waals surface area contributed by atoms with Crippen LogP contribution in [-0.4, -0.2) is 29.9 Å². The molecule has 0 bridgehead atoms. The highest BCUT2D eigenvalue weighted by atomic mass is 16.2. The summed E-state index contributed by atoms with van der Waals surface area (Å²) < 4.78 is 0. The van der Waals surface area contributed by atoms with Crippen molar-refractivity contribution in [3.05, 3.63) is 35.4 Å². The maximum Gasteiger partial charge on any atom is 0.239 e. The zero-order valence-electron chi connectivity index (χ0n) is 11.4. The number of nitrogens with one attached hydrogen (secondary N) is 1. The van der Waals surface area contributed by atoms with Gasteiger partial charge in [0, 0.05) is 19.6 Å². The van der Waals surface area contributed by atoms with Crippen molar-refractivity contribution < 1.29 is 4.79 Å². The minimum absolute atomic E-state index is 0.0475. The van der Waals surface area contributed by atoms with Crippen LogP contribution >= 0.6 is 0 Å². The molecular formula is C15H22N2O. The Morgan fingerprint density at radius 1 is 1.33 bits per heavy atom. The van der Waals surface area contributed by atoms with Crippen LogP contribution in [0.15, 0.2) is 24.3 Å². The molecule has 0 radical (unpaired) electrons. The third-order valence-corrected chi connectivity index (χ3v) is 3.53. The molecule has 1 unspecified atom stereocenters. The molecule has 0 saturated carbocycles. The molecule has 1 aromatic carbocycles. The average molecular weight is 246 g/mol. The molecule has 1 aliphatic rings. The SMILES string of the molecule is CC1NCCN(Cc2ccc(C(C)C)cc2)C1=O. The van der Waals surface area contributed by atoms with Crippen LogP contribution in [0.3, 0.4) is 0 Å². The number of piperazine rings is 1. The van der Waals surface area contributed by atoms with E-state index in [-0.39, 0.29) is 11.9 Å². The number of rotatable bonds is 3. The number of hydrogen-bond donors (Lipinski definition) is 1. The smallest absolute Gasteiger partial charge is 0.239 e. The highest BCUT2D eigenvalue weighted by Crippen LogP contribution is 2.16. The highest BCUT2D eigenvalue weighted by Gasteiger charge is 2.24. The van der Waals surface area contributed by atoms with E-state index in [0.29, 0.717) is 5.92 Å². The van der Waals surface area contributed by atoms with E-state index >= 15 is 0 Å². The number of amides is 1. The van der Waals surface area contributed by atoms with Crippen LogP contribution in [0.5, 0.6) is 0 Å². The predicted molar refractivity (Wildman–Crippen MR) is 73.4 cm³/mol. The Morgan fingerprint density at radius 3 is 2.61 bits per heavy atom. The second-order valence-electron chi connectivity index (χ2n) is 5.33. The van der Waals surface area contributed by atoms with Crippen molar-refractivity contribution in [3.63, 3.8) is 0 Å². The molecule has 18 heavy (non-hydrogen) atoms. The second kappa shape index (κ2) is 5.53. The van der Waals surface area contributed by atoms with Crippen LogP contribution < -0.4 is 5.32 Å². The van der Waals surface area contributed by atoms with Crippen molar-refractivity contribution in [2.75, 3.05) is 13.1 Å². The number of benzene rings is 1. The van der Waals surface area contributed by atoms with Crippen molar-refractivity contribution in [2.24, 2.45) is 0 Å². The van der Waals surface area contributed by atoms with Gasteiger partial charge in [-0.1, -0.05) is 38.1 Å². The summed E-state index contributed by atoms with van der Waals surface area (Å²) in [7, 11) is 0. The van der Waals surface area contributed by atoms with Gasteiger partial charge in [0.05, 0.1) is 6.04 Å². The lowest BCUT2D eigenvalue weighted by molar-refractivity contribution is -0.135. The van der Waals surface area contributed by atoms with Crippen molar-refractivity contribution >= 4 is 5.91 Å². The lowest BCUT2D eigenvalue weighted by Gasteiger charge is -2.31. The fraction of sp³-hybridized carbons (Fsp3) is 0.533. The monoisotopic (exact) mass is 246 g/mol. The molecule has 3 heteroatoms. The zero-order chi connectivity index (χ0) is 13.1. The standard InChI is InChI=1S/C15H22N2O/c1-11(2)14-6-4-13(5-7-14)10-17-9-8-16-12(3)15(17)18/h4-7,11-12,16H,8-10H2,1-3H3. The van der Waals surface area contributed by atoms with Crippen molar-refractivity contribution in [3.8, 4) is 0 Å². The first-order valence-corrected chi connectivity index (χ1v) is 6.69. The molecular weight excluding hydrogens is 224 g/mol. The van der Waals surface area contributed by atoms with Crippen molar-refractivity contribution in [2.45, 2.75) is 39.3 Å². The fourth-order valence-corrected chi connectivity index (χ4v) is 2.27. The minimum atomic E-state index is -0.0475. The quantitative estimate of drug-likeness (QED) is 0.886. The molecule has 0 aromatic heterocycles. The van der Waals surface area contributed by atoms with Crippen LogP contribution in [0.25, 0.3) is 0 Å². The Hall–Kier alpha value is -1.35. The molecule has 1 atom stereocenters. The lowest BCUT2D eigenvalue weighted by atomic mass is 10.0. The van der Waals surface area contributed by atoms with Gasteiger partial charge in [-0.2, -0.15) is 0 Å². The van der Waals surface area contributed by atoms with Gasteiger partial charge in [-0.3, -0.25) is 4.79 Å². The van der Waals surface area contributed by atoms with Gasteiger partial charge in [0.25, 0.3) is 0 Å². The molecule has 0 aliphatic carbocycles. The summed E-state index contributed by atoms with van der Waals surface area (Å²) in [6.07, 6.45) is 0. The van der Waals surface area contributed by atoms with E-state index in [1.165, 1.54) is 11.1 Å². The number of carbonyl (C=O) groups is 1. The van der Waals surface area contributed by atoms with Crippen LogP contribution in [0.1, 0.15) is 37.8 Å². The first-order valence-electron chi connectivity index (χ1n) is 6.69. The van der Waals surface area contributed by atoms with E-state index in [4.69, 9.17) is 0 Å². The Labute approximate surface area is 109 Å². The van der Waals surface area contributed by atoms with Gasteiger partial charge in [0.2, 0.25) is 5.91 Å². The lowest BCUT2D eigenvalue weighted by Crippen LogP contribution is -2.53. The summed E-state index contributed by atoms with van der Waals surface area (Å²) in [5.74, 6) is 0.758. The maximum absolute atomic E-state index is 12.0. The summed E-state index contributed by atoms with van der Waals surface area (Å²) in [5.41, 5.74) is 2.56. The third-order valence-electron chi connectivity index (χ3n) is 3.53. The van der Waals surface area contributed by atoms with Crippen LogP contribution in [0.4, 0.5) is 0 Å². The molecule has 1 aliphatic heterocycles. The van der Waals surface area contributed by atoms with Gasteiger partial charge in [-0.25, -0.2) is 0 Å². The Morgan fingerprint density at radius 2 is 2.00 bits per heavy atom. The molecule has 1 heterocycles. The number of carbonyl (C=O) groups excluding carboxylic acids is 1. The van der Waals surface area contributed by atoms with Crippen LogP contribution in [-0.2, 0) is 11.3 Å². The zero-order valence-corrected chi connectivity index (χ0v) is 11.4. The summed E-state index contributed by atoms with van der Waals surface area (Å²) >= 11 is 0. The molecule has 1 aromatic rings. The molecule has 98 valence electrons. The van der Waals surface area contributed by atoms with Gasteiger partial charge in [-0.05, 0) is 24.0 Å². The Balaban J connectivity index is 2.02. The Bertz CT molecular complexity index is 411. The molecule has 3 nitrogen and oxygen atoms in total. The normalized spacial score (nSPS) is 20.6. The Kier molecular flexibility index (Phi) is 4.02. The number of nitrogens with zero attached hydrogens (tertiary/aromatic N) is 1. The molecule has 1 N–H and O–H groups in total. The topological polar surface area (TPSA) is 32.3 Å². The summed E-state index contributed by atoms with van der Waals surface area (Å²) in [6.45, 7) is 8.72. The average Bonchev–Trinajstić information content (AvgIpc) is 2.36. The maximum atomic E-state index is 12.0. The van der Waals surface area contributed by atoms with Crippen molar-refractivity contribution in [1.82, 2.24) is 10.2 Å². The molecule has 2 rings (SSSR count). The second-order valence-corrected chi connectivity index (χ2v) is 5.33. The minimum Gasteiger partial charge on any atom is -0.336 e. The van der Waals surface area contributed by atoms with Gasteiger partial charge in [0.15, 0.2) is 0 Å². The fourth-order valence-electron chi connectivity index (χ4n) is 2.27. The van der Waals surface area contributed by atoms with E-state index in [9.17, 15) is 4.79 Å². The molecule has 0 spiro atoms. The highest BCUT2D eigenvalue weighted by molar-refractivity contribution is 5.82. The third kappa shape index (κ3) is 2.91. The predicted octanol–water partition coefficient (Wildman–Crippen LogP) is 2.13. The van der Waals surface area contributed by atoms with Crippen molar-refractivity contribution in [1.29, 1.82) is 0 Å². The van der Waals surface area contributed by atoms with Gasteiger partial charge in [0.1, 0.15) is 0 Å². The first-order chi connectivity index (χ1) is 8.58. The van der Waals surface area contributed by atoms with E-state index < -0.39 is 0 Å². The van der Waals surface area contributed by atoms with E-state index in [0.717, 1.165) is 19.6 Å². The summed E-state index contributed by atoms with van der Waals surface area (Å²) in [5, 5.41) is 3.18. The summed E-state index contributed by atoms with van der Waals surface area (Å²) in [6, 6.07) is 8.55. The first kappa shape index (κ1) is 13.1.